The van der Waals surface area contributed by atoms with E-state index in [0.29, 0.717) is 19.3 Å². The van der Waals surface area contributed by atoms with Gasteiger partial charge in [0, 0.05) is 19.3 Å². The highest BCUT2D eigenvalue weighted by Crippen LogP contribution is 2.12. The number of hydrogen-bond acceptors (Lipinski definition) is 6. The van der Waals surface area contributed by atoms with Gasteiger partial charge in [0.2, 0.25) is 0 Å². The second-order valence-electron chi connectivity index (χ2n) is 16.7. The van der Waals surface area contributed by atoms with Crippen molar-refractivity contribution in [3.63, 3.8) is 0 Å². The predicted molar refractivity (Wildman–Crippen MR) is 274 cm³/mol. The molecule has 1 unspecified atom stereocenters. The van der Waals surface area contributed by atoms with Crippen molar-refractivity contribution in [3.05, 3.63) is 109 Å². The van der Waals surface area contributed by atoms with Gasteiger partial charge < -0.3 is 14.2 Å². The molecule has 64 heavy (non-hydrogen) atoms. The van der Waals surface area contributed by atoms with E-state index in [9.17, 15) is 14.4 Å². The van der Waals surface area contributed by atoms with E-state index in [4.69, 9.17) is 14.2 Å². The molecule has 0 saturated heterocycles. The predicted octanol–water partition coefficient (Wildman–Crippen LogP) is 17.1. The van der Waals surface area contributed by atoms with Gasteiger partial charge in [0.15, 0.2) is 6.10 Å². The Balaban J connectivity index is 4.53. The second kappa shape index (κ2) is 51.7. The third-order valence-corrected chi connectivity index (χ3v) is 10.5. The first-order chi connectivity index (χ1) is 31.5. The maximum atomic E-state index is 12.8. The third-order valence-electron chi connectivity index (χ3n) is 10.5. The molecule has 6 heteroatoms. The molecule has 0 spiro atoms. The van der Waals surface area contributed by atoms with Crippen molar-refractivity contribution in [1.82, 2.24) is 0 Å². The summed E-state index contributed by atoms with van der Waals surface area (Å²) in [6.45, 7) is 6.31. The maximum Gasteiger partial charge on any atom is 0.306 e. The van der Waals surface area contributed by atoms with Crippen molar-refractivity contribution in [3.8, 4) is 0 Å². The van der Waals surface area contributed by atoms with Crippen LogP contribution in [0.15, 0.2) is 109 Å². The van der Waals surface area contributed by atoms with E-state index in [1.807, 2.05) is 12.2 Å². The van der Waals surface area contributed by atoms with Gasteiger partial charge >= 0.3 is 17.9 Å². The molecule has 0 amide bonds. The largest absolute Gasteiger partial charge is 0.462 e. The van der Waals surface area contributed by atoms with Crippen molar-refractivity contribution in [2.75, 3.05) is 13.2 Å². The van der Waals surface area contributed by atoms with Gasteiger partial charge in [-0.1, -0.05) is 207 Å². The molecule has 6 nitrogen and oxygen atoms in total. The smallest absolute Gasteiger partial charge is 0.306 e. The molecule has 0 saturated carbocycles. The number of ether oxygens (including phenoxy) is 3. The summed E-state index contributed by atoms with van der Waals surface area (Å²) in [6.07, 6.45) is 69.4. The van der Waals surface area contributed by atoms with E-state index in [0.717, 1.165) is 122 Å². The molecule has 362 valence electrons. The quantitative estimate of drug-likeness (QED) is 0.0199. The van der Waals surface area contributed by atoms with E-state index in [2.05, 4.69) is 118 Å². The van der Waals surface area contributed by atoms with Crippen LogP contribution in [-0.2, 0) is 28.6 Å². The number of allylic oxidation sites excluding steroid dienone is 18. The molecule has 0 aromatic heterocycles. The number of hydrogen-bond donors (Lipinski definition) is 0. The van der Waals surface area contributed by atoms with Crippen LogP contribution in [0.25, 0.3) is 0 Å². The van der Waals surface area contributed by atoms with Crippen molar-refractivity contribution < 1.29 is 28.6 Å². The maximum absolute atomic E-state index is 12.8. The SMILES string of the molecule is CC/C=C\C/C=C\C/C=C\C/C=C\C/C=C\CCC(=O)OC(COC(=O)CCCCCCC/C=C\C=C/CCCCCCCCC)COC(=O)CCCCCCC/C=C\C/C=C\CC. The summed E-state index contributed by atoms with van der Waals surface area (Å²) in [7, 11) is 0. The highest BCUT2D eigenvalue weighted by atomic mass is 16.6. The minimum Gasteiger partial charge on any atom is -0.462 e. The molecule has 0 radical (unpaired) electrons. The molecule has 0 bridgehead atoms. The first-order valence-electron chi connectivity index (χ1n) is 25.9. The molecule has 0 aromatic carbocycles. The standard InChI is InChI=1S/C58H94O6/c1-4-7-10-13-16-19-22-25-27-29-30-32-33-36-39-42-45-48-51-57(60)63-54-55(53-62-56(59)50-47-44-41-38-35-24-21-18-15-12-9-6-3)64-58(61)52-49-46-43-40-37-34-31-28-26-23-20-17-14-11-8-5-2/h8-9,11-12,17-18,20-21,26-30,32,34,37,43,46,55H,4-7,10,13-16,19,22-25,31,33,35-36,38-42,44-45,47-54H2,1-3H3/b11-8-,12-9-,20-17-,21-18-,28-26-,29-27-,32-30-,37-34-,46-43-. The number of carbonyl (C=O) groups is 3. The van der Waals surface area contributed by atoms with E-state index in [1.54, 1.807) is 0 Å². The van der Waals surface area contributed by atoms with Gasteiger partial charge in [0.1, 0.15) is 13.2 Å². The zero-order valence-corrected chi connectivity index (χ0v) is 41.3. The van der Waals surface area contributed by atoms with Crippen LogP contribution in [0, 0.1) is 0 Å². The van der Waals surface area contributed by atoms with Crippen LogP contribution >= 0.6 is 0 Å². The van der Waals surface area contributed by atoms with Crippen molar-refractivity contribution in [1.29, 1.82) is 0 Å². The van der Waals surface area contributed by atoms with Gasteiger partial charge in [0.05, 0.1) is 0 Å². The van der Waals surface area contributed by atoms with E-state index in [1.165, 1.54) is 51.4 Å². The Labute approximate surface area is 393 Å². The molecular formula is C58H94O6. The molecule has 1 atom stereocenters. The lowest BCUT2D eigenvalue weighted by Crippen LogP contribution is -2.30. The Morgan fingerprint density at radius 2 is 0.688 bits per heavy atom. The van der Waals surface area contributed by atoms with E-state index >= 15 is 0 Å². The summed E-state index contributed by atoms with van der Waals surface area (Å²) in [5.41, 5.74) is 0. The molecule has 0 N–H and O–H groups in total. The van der Waals surface area contributed by atoms with Crippen LogP contribution in [0.1, 0.15) is 220 Å². The number of carbonyl (C=O) groups excluding carboxylic acids is 3. The Morgan fingerprint density at radius 1 is 0.344 bits per heavy atom. The van der Waals surface area contributed by atoms with Crippen molar-refractivity contribution in [2.24, 2.45) is 0 Å². The van der Waals surface area contributed by atoms with Crippen molar-refractivity contribution >= 4 is 17.9 Å². The second-order valence-corrected chi connectivity index (χ2v) is 16.7. The molecule has 0 aliphatic carbocycles. The summed E-state index contributed by atoms with van der Waals surface area (Å²) in [5, 5.41) is 0. The van der Waals surface area contributed by atoms with Crippen LogP contribution in [0.4, 0.5) is 0 Å². The highest BCUT2D eigenvalue weighted by Gasteiger charge is 2.19. The summed E-state index contributed by atoms with van der Waals surface area (Å²) < 4.78 is 16.7. The van der Waals surface area contributed by atoms with Gasteiger partial charge in [0.25, 0.3) is 0 Å². The molecule has 0 aliphatic rings. The lowest BCUT2D eigenvalue weighted by molar-refractivity contribution is -0.166. The average Bonchev–Trinajstić information content (AvgIpc) is 3.29. The molecule has 0 fully saturated rings. The number of esters is 3. The van der Waals surface area contributed by atoms with Gasteiger partial charge in [-0.3, -0.25) is 14.4 Å². The average molecular weight is 887 g/mol. The first kappa shape index (κ1) is 60.1. The monoisotopic (exact) mass is 887 g/mol. The molecule has 0 rings (SSSR count). The van der Waals surface area contributed by atoms with Gasteiger partial charge in [-0.25, -0.2) is 0 Å². The fourth-order valence-corrected chi connectivity index (χ4v) is 6.69. The first-order valence-corrected chi connectivity index (χ1v) is 25.9. The van der Waals surface area contributed by atoms with Gasteiger partial charge in [-0.05, 0) is 103 Å². The number of rotatable bonds is 45. The zero-order chi connectivity index (χ0) is 46.5. The van der Waals surface area contributed by atoms with Gasteiger partial charge in [-0.2, -0.15) is 0 Å². The summed E-state index contributed by atoms with van der Waals surface area (Å²) in [4.78, 5) is 37.9. The Bertz CT molecular complexity index is 1340. The van der Waals surface area contributed by atoms with Crippen LogP contribution in [0.5, 0.6) is 0 Å². The Hall–Kier alpha value is -3.93. The zero-order valence-electron chi connectivity index (χ0n) is 41.3. The summed E-state index contributed by atoms with van der Waals surface area (Å²) >= 11 is 0. The number of unbranched alkanes of at least 4 members (excludes halogenated alkanes) is 17. The van der Waals surface area contributed by atoms with Crippen LogP contribution < -0.4 is 0 Å². The highest BCUT2D eigenvalue weighted by molar-refractivity contribution is 5.71. The van der Waals surface area contributed by atoms with E-state index in [-0.39, 0.29) is 31.6 Å². The summed E-state index contributed by atoms with van der Waals surface area (Å²) in [5.74, 6) is -1.04. The third kappa shape index (κ3) is 49.1. The lowest BCUT2D eigenvalue weighted by atomic mass is 10.1. The molecule has 0 aliphatic heterocycles. The minimum absolute atomic E-state index is 0.122. The fourth-order valence-electron chi connectivity index (χ4n) is 6.69. The topological polar surface area (TPSA) is 78.9 Å². The van der Waals surface area contributed by atoms with E-state index < -0.39 is 12.1 Å². The Kier molecular flexibility index (Phi) is 48.5. The van der Waals surface area contributed by atoms with Crippen LogP contribution in [-0.4, -0.2) is 37.2 Å². The molecule has 0 heterocycles. The molecule has 0 aromatic rings. The molecular weight excluding hydrogens is 793 g/mol. The van der Waals surface area contributed by atoms with Crippen LogP contribution in [0.3, 0.4) is 0 Å². The lowest BCUT2D eigenvalue weighted by Gasteiger charge is -2.18. The Morgan fingerprint density at radius 3 is 1.11 bits per heavy atom. The normalized spacial score (nSPS) is 13.0. The summed E-state index contributed by atoms with van der Waals surface area (Å²) in [6, 6.07) is 0. The minimum atomic E-state index is -0.831. The fraction of sp³-hybridized carbons (Fsp3) is 0.638. The van der Waals surface area contributed by atoms with Crippen LogP contribution in [0.2, 0.25) is 0 Å². The van der Waals surface area contributed by atoms with Gasteiger partial charge in [-0.15, -0.1) is 0 Å². The van der Waals surface area contributed by atoms with Crippen molar-refractivity contribution in [2.45, 2.75) is 226 Å².